The Morgan fingerprint density at radius 2 is 1.10 bits per heavy atom. The molecule has 8 heteroatoms. The maximum atomic E-state index is 6.69. The molecule has 0 fully saturated rings. The SMILES string of the molecule is CCC[Si](O[Si](C)(C)C)(O[Si](C)(C)C)[SiH2]O[Si](C)(C)C. The van der Waals surface area contributed by atoms with E-state index in [9.17, 15) is 0 Å². The molecule has 3 nitrogen and oxygen atoms in total. The zero-order valence-electron chi connectivity index (χ0n) is 15.3. The zero-order chi connectivity index (χ0) is 16.2. The van der Waals surface area contributed by atoms with Crippen LogP contribution in [0.25, 0.3) is 0 Å². The summed E-state index contributed by atoms with van der Waals surface area (Å²) in [7, 11) is -7.51. The molecule has 0 rings (SSSR count). The van der Waals surface area contributed by atoms with Crippen LogP contribution in [0, 0.1) is 0 Å². The summed E-state index contributed by atoms with van der Waals surface area (Å²) < 4.78 is 19.7. The van der Waals surface area contributed by atoms with E-state index >= 15 is 0 Å². The Labute approximate surface area is 133 Å². The van der Waals surface area contributed by atoms with Crippen LogP contribution < -0.4 is 0 Å². The predicted octanol–water partition coefficient (Wildman–Crippen LogP) is 3.97. The third kappa shape index (κ3) is 10.7. The number of rotatable bonds is 9. The van der Waals surface area contributed by atoms with E-state index in [1.165, 1.54) is 0 Å². The van der Waals surface area contributed by atoms with Crippen LogP contribution in [-0.4, -0.2) is 42.3 Å². The smallest absolute Gasteiger partial charge is 0.320 e. The molecule has 0 unspecified atom stereocenters. The van der Waals surface area contributed by atoms with Crippen LogP contribution in [0.2, 0.25) is 65.0 Å². The molecule has 0 N–H and O–H groups in total. The van der Waals surface area contributed by atoms with Crippen molar-refractivity contribution in [3.8, 4) is 0 Å². The van der Waals surface area contributed by atoms with E-state index in [0.29, 0.717) is 0 Å². The molecule has 0 aromatic carbocycles. The molecule has 0 bridgehead atoms. The Morgan fingerprint density at radius 3 is 1.35 bits per heavy atom. The summed E-state index contributed by atoms with van der Waals surface area (Å²) in [5, 5.41) is 0. The van der Waals surface area contributed by atoms with E-state index in [4.69, 9.17) is 12.3 Å². The van der Waals surface area contributed by atoms with Crippen molar-refractivity contribution in [3.63, 3.8) is 0 Å². The Balaban J connectivity index is 5.21. The van der Waals surface area contributed by atoms with Gasteiger partial charge in [-0.3, -0.25) is 0 Å². The highest BCUT2D eigenvalue weighted by Crippen LogP contribution is 2.25. The Hall–Kier alpha value is 0.964. The fourth-order valence-corrected chi connectivity index (χ4v) is 32.6. The Bertz CT molecular complexity index is 275. The maximum Gasteiger partial charge on any atom is 0.320 e. The molecular formula is C12H36O3Si5. The van der Waals surface area contributed by atoms with Crippen molar-refractivity contribution < 1.29 is 12.3 Å². The lowest BCUT2D eigenvalue weighted by molar-refractivity contribution is 0.391. The second-order valence-electron chi connectivity index (χ2n) is 8.49. The van der Waals surface area contributed by atoms with Gasteiger partial charge in [0.05, 0.1) is 0 Å². The first-order chi connectivity index (χ1) is 8.68. The summed E-state index contributed by atoms with van der Waals surface area (Å²) in [6.45, 7) is 22.7. The lowest BCUT2D eigenvalue weighted by atomic mass is 10.6. The molecule has 20 heavy (non-hydrogen) atoms. The van der Waals surface area contributed by atoms with Gasteiger partial charge in [-0.2, -0.15) is 0 Å². The number of hydrogen-bond acceptors (Lipinski definition) is 3. The van der Waals surface area contributed by atoms with Crippen molar-refractivity contribution in [3.05, 3.63) is 0 Å². The molecular weight excluding hydrogens is 333 g/mol. The van der Waals surface area contributed by atoms with E-state index < -0.39 is 42.3 Å². The van der Waals surface area contributed by atoms with Crippen molar-refractivity contribution in [2.45, 2.75) is 78.3 Å². The van der Waals surface area contributed by atoms with Crippen molar-refractivity contribution in [2.24, 2.45) is 0 Å². The average Bonchev–Trinajstić information content (AvgIpc) is 2.08. The van der Waals surface area contributed by atoms with Gasteiger partial charge < -0.3 is 12.3 Å². The third-order valence-corrected chi connectivity index (χ3v) is 22.2. The van der Waals surface area contributed by atoms with Gasteiger partial charge in [-0.05, 0) is 65.0 Å². The Kier molecular flexibility index (Phi) is 7.85. The summed E-state index contributed by atoms with van der Waals surface area (Å²) in [6, 6.07) is 1.11. The van der Waals surface area contributed by atoms with Gasteiger partial charge >= 0.3 is 8.08 Å². The quantitative estimate of drug-likeness (QED) is 0.576. The molecule has 0 aliphatic heterocycles. The maximum absolute atomic E-state index is 6.69. The Morgan fingerprint density at radius 1 is 0.700 bits per heavy atom. The van der Waals surface area contributed by atoms with Crippen LogP contribution in [0.3, 0.4) is 0 Å². The van der Waals surface area contributed by atoms with Crippen LogP contribution >= 0.6 is 0 Å². The topological polar surface area (TPSA) is 27.7 Å². The molecule has 122 valence electrons. The molecule has 0 heterocycles. The molecule has 0 aromatic rings. The zero-order valence-corrected chi connectivity index (χ0v) is 20.8. The second kappa shape index (κ2) is 7.49. The van der Waals surface area contributed by atoms with E-state index in [-0.39, 0.29) is 0 Å². The lowest BCUT2D eigenvalue weighted by Crippen LogP contribution is -2.60. The van der Waals surface area contributed by atoms with E-state index in [0.717, 1.165) is 12.5 Å². The summed E-state index contributed by atoms with van der Waals surface area (Å²) in [5.41, 5.74) is 0. The van der Waals surface area contributed by atoms with Crippen LogP contribution in [0.4, 0.5) is 0 Å². The van der Waals surface area contributed by atoms with Crippen molar-refractivity contribution >= 4 is 42.3 Å². The first-order valence-corrected chi connectivity index (χ1v) is 22.9. The molecule has 0 aromatic heterocycles. The minimum atomic E-state index is -2.10. The third-order valence-electron chi connectivity index (χ3n) is 2.34. The highest BCUT2D eigenvalue weighted by atomic mass is 29.2. The van der Waals surface area contributed by atoms with E-state index in [2.05, 4.69) is 65.8 Å². The van der Waals surface area contributed by atoms with Crippen molar-refractivity contribution in [1.82, 2.24) is 0 Å². The van der Waals surface area contributed by atoms with Crippen LogP contribution in [0.15, 0.2) is 0 Å². The molecule has 0 aliphatic carbocycles. The van der Waals surface area contributed by atoms with Crippen LogP contribution in [0.1, 0.15) is 13.3 Å². The van der Waals surface area contributed by atoms with Crippen LogP contribution in [-0.2, 0) is 12.3 Å². The second-order valence-corrected chi connectivity index (χ2v) is 30.7. The van der Waals surface area contributed by atoms with Gasteiger partial charge in [-0.15, -0.1) is 0 Å². The van der Waals surface area contributed by atoms with E-state index in [1.807, 2.05) is 0 Å². The predicted molar refractivity (Wildman–Crippen MR) is 103 cm³/mol. The molecule has 0 amide bonds. The highest BCUT2D eigenvalue weighted by molar-refractivity contribution is 7.21. The van der Waals surface area contributed by atoms with Crippen molar-refractivity contribution in [2.75, 3.05) is 0 Å². The molecule has 0 spiro atoms. The molecule has 0 atom stereocenters. The van der Waals surface area contributed by atoms with Gasteiger partial charge in [0.1, 0.15) is 0 Å². The van der Waals surface area contributed by atoms with Crippen molar-refractivity contribution in [1.29, 1.82) is 0 Å². The average molecular weight is 369 g/mol. The summed E-state index contributed by atoms with van der Waals surface area (Å²) >= 11 is 0. The summed E-state index contributed by atoms with van der Waals surface area (Å²) in [6.07, 6.45) is 1.14. The molecule has 0 radical (unpaired) electrons. The van der Waals surface area contributed by atoms with Gasteiger partial charge in [0.2, 0.25) is 0 Å². The van der Waals surface area contributed by atoms with Crippen LogP contribution in [0.5, 0.6) is 0 Å². The first kappa shape index (κ1) is 21.0. The minimum Gasteiger partial charge on any atom is -0.459 e. The lowest BCUT2D eigenvalue weighted by Gasteiger charge is -2.41. The largest absolute Gasteiger partial charge is 0.459 e. The standard InChI is InChI=1S/C12H36O3Si5/c1-11-12-20(14-18(5,6)7,15-19(8,9)10)16-13-17(2,3)4/h11-12,16H2,1-10H3. The normalized spacial score (nSPS) is 15.3. The highest BCUT2D eigenvalue weighted by Gasteiger charge is 2.45. The number of hydrogen-bond donors (Lipinski definition) is 0. The van der Waals surface area contributed by atoms with Gasteiger partial charge in [0.15, 0.2) is 34.2 Å². The van der Waals surface area contributed by atoms with Gasteiger partial charge in [-0.25, -0.2) is 0 Å². The monoisotopic (exact) mass is 368 g/mol. The van der Waals surface area contributed by atoms with E-state index in [1.54, 1.807) is 0 Å². The first-order valence-electron chi connectivity index (χ1n) is 7.72. The summed E-state index contributed by atoms with van der Waals surface area (Å²) in [4.78, 5) is 0. The van der Waals surface area contributed by atoms with Gasteiger partial charge in [0.25, 0.3) is 0 Å². The van der Waals surface area contributed by atoms with Gasteiger partial charge in [0, 0.05) is 0 Å². The fraction of sp³-hybridized carbons (Fsp3) is 1.00. The fourth-order valence-electron chi connectivity index (χ4n) is 2.08. The van der Waals surface area contributed by atoms with Gasteiger partial charge in [-0.1, -0.05) is 13.3 Å². The molecule has 0 saturated carbocycles. The summed E-state index contributed by atoms with van der Waals surface area (Å²) in [5.74, 6) is 0. The molecule has 0 aliphatic rings. The minimum absolute atomic E-state index is 0.731. The molecule has 0 saturated heterocycles.